The number of ether oxygens (including phenoxy) is 4. The molecule has 1 aliphatic rings. The molecule has 3 aromatic carbocycles. The SMILES string of the molecule is CCOC(=O)C1=C(C)NC(=S)N[C@@H]1c1ccccc1OCC(=O)NN=Cc1cc(Cl)cc(Br)c1OCc1ccc(C(=O)OCC)cc1. The van der Waals surface area contributed by atoms with E-state index in [0.29, 0.717) is 60.7 Å². The molecule has 0 saturated heterocycles. The van der Waals surface area contributed by atoms with Gasteiger partial charge >= 0.3 is 11.9 Å². The van der Waals surface area contributed by atoms with Gasteiger partial charge in [0.1, 0.15) is 18.1 Å². The second-order valence-electron chi connectivity index (χ2n) is 9.92. The predicted molar refractivity (Wildman–Crippen MR) is 184 cm³/mol. The first-order valence-corrected chi connectivity index (χ1v) is 16.1. The van der Waals surface area contributed by atoms with Gasteiger partial charge in [-0.3, -0.25) is 4.79 Å². The molecule has 0 bridgehead atoms. The summed E-state index contributed by atoms with van der Waals surface area (Å²) in [4.78, 5) is 37.4. The molecule has 0 radical (unpaired) electrons. The Morgan fingerprint density at radius 3 is 2.45 bits per heavy atom. The monoisotopic (exact) mass is 742 g/mol. The van der Waals surface area contributed by atoms with Crippen LogP contribution in [0.3, 0.4) is 0 Å². The predicted octanol–water partition coefficient (Wildman–Crippen LogP) is 5.74. The molecule has 0 aliphatic carbocycles. The number of nitrogens with zero attached hydrogens (tertiary/aromatic N) is 1. The number of thiocarbonyl (C=S) groups is 1. The maximum atomic E-state index is 12.8. The molecule has 1 heterocycles. The lowest BCUT2D eigenvalue weighted by molar-refractivity contribution is -0.139. The maximum absolute atomic E-state index is 12.8. The zero-order chi connectivity index (χ0) is 33.9. The van der Waals surface area contributed by atoms with E-state index in [1.165, 1.54) is 6.21 Å². The Balaban J connectivity index is 1.41. The normalized spacial score (nSPS) is 14.2. The lowest BCUT2D eigenvalue weighted by atomic mass is 9.95. The molecule has 1 amide bonds. The van der Waals surface area contributed by atoms with Gasteiger partial charge in [-0.25, -0.2) is 15.0 Å². The van der Waals surface area contributed by atoms with Crippen LogP contribution in [0.4, 0.5) is 0 Å². The molecule has 3 aromatic rings. The van der Waals surface area contributed by atoms with Crippen LogP contribution in [0, 0.1) is 0 Å². The zero-order valence-electron chi connectivity index (χ0n) is 25.7. The highest BCUT2D eigenvalue weighted by Crippen LogP contribution is 2.34. The minimum Gasteiger partial charge on any atom is -0.487 e. The third-order valence-corrected chi connectivity index (χ3v) is 7.66. The molecule has 0 unspecified atom stereocenters. The van der Waals surface area contributed by atoms with Crippen LogP contribution < -0.4 is 25.5 Å². The quantitative estimate of drug-likeness (QED) is 0.0861. The average Bonchev–Trinajstić information content (AvgIpc) is 3.03. The van der Waals surface area contributed by atoms with E-state index in [1.807, 2.05) is 0 Å². The third kappa shape index (κ3) is 9.53. The summed E-state index contributed by atoms with van der Waals surface area (Å²) < 4.78 is 22.8. The van der Waals surface area contributed by atoms with Crippen molar-refractivity contribution in [2.45, 2.75) is 33.4 Å². The van der Waals surface area contributed by atoms with Gasteiger partial charge in [-0.2, -0.15) is 5.10 Å². The van der Waals surface area contributed by atoms with Crippen molar-refractivity contribution in [2.24, 2.45) is 5.10 Å². The van der Waals surface area contributed by atoms with Gasteiger partial charge in [0.2, 0.25) is 0 Å². The van der Waals surface area contributed by atoms with E-state index >= 15 is 0 Å². The highest BCUT2D eigenvalue weighted by Gasteiger charge is 2.32. The fraction of sp³-hybridized carbons (Fsp3) is 0.242. The molecule has 0 aromatic heterocycles. The van der Waals surface area contributed by atoms with E-state index in [1.54, 1.807) is 81.4 Å². The Labute approximate surface area is 290 Å². The number of carbonyl (C=O) groups excluding carboxylic acids is 3. The van der Waals surface area contributed by atoms with E-state index in [9.17, 15) is 14.4 Å². The summed E-state index contributed by atoms with van der Waals surface area (Å²) in [6.07, 6.45) is 1.40. The molecule has 47 heavy (non-hydrogen) atoms. The molecule has 0 spiro atoms. The Morgan fingerprint density at radius 1 is 1.02 bits per heavy atom. The minimum absolute atomic E-state index is 0.188. The van der Waals surface area contributed by atoms with Gasteiger partial charge < -0.3 is 29.6 Å². The van der Waals surface area contributed by atoms with Crippen molar-refractivity contribution >= 4 is 68.9 Å². The largest absolute Gasteiger partial charge is 0.487 e. The average molecular weight is 744 g/mol. The van der Waals surface area contributed by atoms with Gasteiger partial charge in [0.25, 0.3) is 5.91 Å². The molecular formula is C33H32BrClN4O7S. The van der Waals surface area contributed by atoms with Crippen molar-refractivity contribution in [1.29, 1.82) is 0 Å². The van der Waals surface area contributed by atoms with Crippen molar-refractivity contribution in [3.05, 3.63) is 104 Å². The number of carbonyl (C=O) groups is 3. The van der Waals surface area contributed by atoms with E-state index in [4.69, 9.17) is 42.8 Å². The van der Waals surface area contributed by atoms with Gasteiger partial charge in [-0.15, -0.1) is 0 Å². The third-order valence-electron chi connectivity index (χ3n) is 6.63. The summed E-state index contributed by atoms with van der Waals surface area (Å²) in [7, 11) is 0. The summed E-state index contributed by atoms with van der Waals surface area (Å²) >= 11 is 15.1. The number of para-hydroxylation sites is 1. The lowest BCUT2D eigenvalue weighted by Crippen LogP contribution is -2.45. The fourth-order valence-corrected chi connectivity index (χ4v) is 5.76. The molecule has 1 atom stereocenters. The molecule has 14 heteroatoms. The Bertz CT molecular complexity index is 1720. The molecule has 11 nitrogen and oxygen atoms in total. The van der Waals surface area contributed by atoms with Crippen LogP contribution in [0.5, 0.6) is 11.5 Å². The van der Waals surface area contributed by atoms with Crippen molar-refractivity contribution in [3.63, 3.8) is 0 Å². The first kappa shape index (κ1) is 35.4. The number of hydrazone groups is 1. The molecule has 3 N–H and O–H groups in total. The molecule has 4 rings (SSSR count). The van der Waals surface area contributed by atoms with Crippen LogP contribution in [0.2, 0.25) is 5.02 Å². The van der Waals surface area contributed by atoms with Crippen LogP contribution in [0.15, 0.2) is 81.5 Å². The number of rotatable bonds is 13. The highest BCUT2D eigenvalue weighted by molar-refractivity contribution is 9.10. The minimum atomic E-state index is -0.657. The topological polar surface area (TPSA) is 137 Å². The number of nitrogens with one attached hydrogen (secondary N) is 3. The number of hydrogen-bond acceptors (Lipinski definition) is 9. The molecule has 0 fully saturated rings. The molecule has 246 valence electrons. The molecular weight excluding hydrogens is 712 g/mol. The standard InChI is InChI=1S/C33H32BrClN4O7S/c1-4-43-31(41)21-12-10-20(11-13-21)17-46-30-22(14-23(35)15-25(30)34)16-36-39-27(40)18-45-26-9-7-6-8-24(26)29-28(32(42)44-5-2)19(3)37-33(47)38-29/h6-16,29H,4-5,17-18H2,1-3H3,(H,39,40)(H2,37,38,47)/t29-/m1/s1. The molecule has 1 aliphatic heterocycles. The number of allylic oxidation sites excluding steroid dienone is 1. The Hall–Kier alpha value is -4.46. The second kappa shape index (κ2) is 16.9. The maximum Gasteiger partial charge on any atom is 0.338 e. The number of benzene rings is 3. The number of amides is 1. The van der Waals surface area contributed by atoms with Gasteiger partial charge in [0, 0.05) is 21.8 Å². The van der Waals surface area contributed by atoms with Gasteiger partial charge in [-0.05, 0) is 84.8 Å². The smallest absolute Gasteiger partial charge is 0.338 e. The second-order valence-corrected chi connectivity index (χ2v) is 11.6. The summed E-state index contributed by atoms with van der Waals surface area (Å²) in [5.41, 5.74) is 5.71. The van der Waals surface area contributed by atoms with Crippen molar-refractivity contribution in [3.8, 4) is 11.5 Å². The zero-order valence-corrected chi connectivity index (χ0v) is 28.9. The van der Waals surface area contributed by atoms with E-state index in [0.717, 1.165) is 5.56 Å². The van der Waals surface area contributed by atoms with Gasteiger partial charge in [0.05, 0.1) is 41.1 Å². The van der Waals surface area contributed by atoms with Crippen LogP contribution in [0.25, 0.3) is 0 Å². The van der Waals surface area contributed by atoms with Crippen LogP contribution in [0.1, 0.15) is 53.9 Å². The summed E-state index contributed by atoms with van der Waals surface area (Å²) in [5.74, 6) is -0.613. The number of esters is 2. The van der Waals surface area contributed by atoms with Crippen LogP contribution in [-0.4, -0.2) is 49.0 Å². The number of hydrogen-bond donors (Lipinski definition) is 3. The molecule has 0 saturated carbocycles. The Morgan fingerprint density at radius 2 is 1.72 bits per heavy atom. The van der Waals surface area contributed by atoms with E-state index < -0.39 is 23.9 Å². The summed E-state index contributed by atoms with van der Waals surface area (Å²) in [5, 5.41) is 10.9. The lowest BCUT2D eigenvalue weighted by Gasteiger charge is -2.30. The van der Waals surface area contributed by atoms with Crippen molar-refractivity contribution in [1.82, 2.24) is 16.1 Å². The van der Waals surface area contributed by atoms with Gasteiger partial charge in [0.15, 0.2) is 11.7 Å². The van der Waals surface area contributed by atoms with Gasteiger partial charge in [-0.1, -0.05) is 41.9 Å². The highest BCUT2D eigenvalue weighted by atomic mass is 79.9. The van der Waals surface area contributed by atoms with Crippen molar-refractivity contribution in [2.75, 3.05) is 19.8 Å². The van der Waals surface area contributed by atoms with E-state index in [2.05, 4.69) is 37.1 Å². The van der Waals surface area contributed by atoms with Crippen molar-refractivity contribution < 1.29 is 33.3 Å². The summed E-state index contributed by atoms with van der Waals surface area (Å²) in [6.45, 7) is 5.53. The fourth-order valence-electron chi connectivity index (χ4n) is 4.54. The van der Waals surface area contributed by atoms with Crippen LogP contribution in [-0.2, 0) is 25.7 Å². The van der Waals surface area contributed by atoms with Crippen LogP contribution >= 0.6 is 39.7 Å². The number of halogens is 2. The van der Waals surface area contributed by atoms with E-state index in [-0.39, 0.29) is 19.8 Å². The summed E-state index contributed by atoms with van der Waals surface area (Å²) in [6, 6.07) is 16.5. The first-order chi connectivity index (χ1) is 22.6. The Kier molecular flexibility index (Phi) is 12.7. The first-order valence-electron chi connectivity index (χ1n) is 14.5.